The second kappa shape index (κ2) is 5.43. The summed E-state index contributed by atoms with van der Waals surface area (Å²) in [6.45, 7) is 0. The van der Waals surface area contributed by atoms with Gasteiger partial charge in [-0.05, 0) is 29.8 Å². The zero-order valence-electron chi connectivity index (χ0n) is 9.53. The van der Waals surface area contributed by atoms with Crippen LogP contribution in [-0.4, -0.2) is 0 Å². The molecule has 106 valence electrons. The van der Waals surface area contributed by atoms with Crippen molar-refractivity contribution >= 4 is 34.8 Å². The van der Waals surface area contributed by atoms with Crippen molar-refractivity contribution < 1.29 is 17.6 Å². The maximum absolute atomic E-state index is 13.5. The van der Waals surface area contributed by atoms with Gasteiger partial charge >= 0.3 is 6.18 Å². The second-order valence-corrected chi connectivity index (χ2v) is 5.16. The van der Waals surface area contributed by atoms with Crippen molar-refractivity contribution in [3.63, 3.8) is 0 Å². The van der Waals surface area contributed by atoms with Gasteiger partial charge in [0.2, 0.25) is 0 Å². The molecule has 0 radical (unpaired) electrons. The van der Waals surface area contributed by atoms with Crippen LogP contribution in [0.4, 0.5) is 17.6 Å². The van der Waals surface area contributed by atoms with E-state index in [2.05, 4.69) is 0 Å². The molecule has 0 saturated heterocycles. The molecule has 0 aromatic heterocycles. The Morgan fingerprint density at radius 1 is 0.900 bits per heavy atom. The molecular formula is C13H5Cl3F4. The zero-order valence-corrected chi connectivity index (χ0v) is 11.8. The van der Waals surface area contributed by atoms with Gasteiger partial charge < -0.3 is 0 Å². The smallest absolute Gasteiger partial charge is 0.206 e. The molecule has 0 aliphatic carbocycles. The van der Waals surface area contributed by atoms with E-state index in [9.17, 15) is 17.6 Å². The van der Waals surface area contributed by atoms with Gasteiger partial charge in [0, 0.05) is 10.6 Å². The van der Waals surface area contributed by atoms with Crippen LogP contribution in [0.3, 0.4) is 0 Å². The summed E-state index contributed by atoms with van der Waals surface area (Å²) >= 11 is 17.6. The first-order chi connectivity index (χ1) is 9.20. The topological polar surface area (TPSA) is 0 Å². The minimum atomic E-state index is -4.75. The van der Waals surface area contributed by atoms with Crippen LogP contribution in [0.1, 0.15) is 5.56 Å². The van der Waals surface area contributed by atoms with Crippen LogP contribution in [0.2, 0.25) is 15.1 Å². The lowest BCUT2D eigenvalue weighted by atomic mass is 10.0. The first-order valence-electron chi connectivity index (χ1n) is 5.22. The quantitative estimate of drug-likeness (QED) is 0.411. The van der Waals surface area contributed by atoms with Crippen molar-refractivity contribution in [3.05, 3.63) is 56.8 Å². The molecule has 0 aliphatic rings. The molecule has 0 bridgehead atoms. The van der Waals surface area contributed by atoms with Crippen LogP contribution < -0.4 is 0 Å². The SMILES string of the molecule is Fc1cc(-c2cc(Cl)cc(Cl)c2Cl)ccc1C(F)(F)F. The summed E-state index contributed by atoms with van der Waals surface area (Å²) in [5.74, 6) is -1.39. The molecule has 0 N–H and O–H groups in total. The van der Waals surface area contributed by atoms with Gasteiger partial charge in [-0.1, -0.05) is 40.9 Å². The molecule has 0 atom stereocenters. The lowest BCUT2D eigenvalue weighted by Crippen LogP contribution is -2.07. The molecule has 2 aromatic rings. The van der Waals surface area contributed by atoms with E-state index in [0.717, 1.165) is 12.1 Å². The highest BCUT2D eigenvalue weighted by Crippen LogP contribution is 2.38. The largest absolute Gasteiger partial charge is 0.419 e. The third kappa shape index (κ3) is 3.03. The van der Waals surface area contributed by atoms with Crippen molar-refractivity contribution in [3.8, 4) is 11.1 Å². The van der Waals surface area contributed by atoms with E-state index in [-0.39, 0.29) is 26.2 Å². The molecule has 2 rings (SSSR count). The van der Waals surface area contributed by atoms with E-state index in [1.165, 1.54) is 12.1 Å². The van der Waals surface area contributed by atoms with Gasteiger partial charge in [0.05, 0.1) is 15.6 Å². The summed E-state index contributed by atoms with van der Waals surface area (Å²) < 4.78 is 51.0. The predicted molar refractivity (Wildman–Crippen MR) is 71.9 cm³/mol. The number of hydrogen-bond donors (Lipinski definition) is 0. The van der Waals surface area contributed by atoms with Crippen molar-refractivity contribution in [2.45, 2.75) is 6.18 Å². The predicted octanol–water partition coefficient (Wildman–Crippen LogP) is 6.47. The molecule has 0 nitrogen and oxygen atoms in total. The van der Waals surface area contributed by atoms with Gasteiger partial charge in [-0.15, -0.1) is 0 Å². The average molecular weight is 344 g/mol. The standard InChI is InChI=1S/C13H5Cl3F4/c14-7-4-8(12(16)10(15)5-7)6-1-2-9(11(17)3-6)13(18,19)20/h1-5H. The van der Waals surface area contributed by atoms with Crippen molar-refractivity contribution in [2.24, 2.45) is 0 Å². The number of halogens is 7. The minimum Gasteiger partial charge on any atom is -0.206 e. The van der Waals surface area contributed by atoms with Crippen LogP contribution >= 0.6 is 34.8 Å². The lowest BCUT2D eigenvalue weighted by molar-refractivity contribution is -0.139. The molecule has 0 spiro atoms. The average Bonchev–Trinajstić information content (AvgIpc) is 2.32. The highest BCUT2D eigenvalue weighted by molar-refractivity contribution is 6.45. The maximum atomic E-state index is 13.5. The van der Waals surface area contributed by atoms with Gasteiger partial charge in [0.15, 0.2) is 0 Å². The van der Waals surface area contributed by atoms with Crippen molar-refractivity contribution in [1.82, 2.24) is 0 Å². The molecule has 0 unspecified atom stereocenters. The van der Waals surface area contributed by atoms with E-state index < -0.39 is 17.6 Å². The fourth-order valence-electron chi connectivity index (χ4n) is 1.68. The molecule has 7 heteroatoms. The Bertz CT molecular complexity index is 665. The Labute approximate surface area is 126 Å². The summed E-state index contributed by atoms with van der Waals surface area (Å²) in [6, 6.07) is 5.29. The fraction of sp³-hybridized carbons (Fsp3) is 0.0769. The second-order valence-electron chi connectivity index (χ2n) is 3.94. The summed E-state index contributed by atoms with van der Waals surface area (Å²) in [5.41, 5.74) is -0.924. The van der Waals surface area contributed by atoms with Crippen LogP contribution in [0.15, 0.2) is 30.3 Å². The van der Waals surface area contributed by atoms with Crippen molar-refractivity contribution in [2.75, 3.05) is 0 Å². The molecular weight excluding hydrogens is 338 g/mol. The Kier molecular flexibility index (Phi) is 4.19. The van der Waals surface area contributed by atoms with Crippen LogP contribution in [0.5, 0.6) is 0 Å². The van der Waals surface area contributed by atoms with Gasteiger partial charge in [0.25, 0.3) is 0 Å². The molecule has 0 saturated carbocycles. The summed E-state index contributed by atoms with van der Waals surface area (Å²) in [6.07, 6.45) is -4.75. The third-order valence-corrected chi connectivity index (χ3v) is 3.60. The molecule has 2 aromatic carbocycles. The lowest BCUT2D eigenvalue weighted by Gasteiger charge is -2.11. The number of alkyl halides is 3. The maximum Gasteiger partial charge on any atom is 0.419 e. The Balaban J connectivity index is 2.58. The molecule has 0 fully saturated rings. The Hall–Kier alpha value is -0.970. The van der Waals surface area contributed by atoms with Gasteiger partial charge in [-0.3, -0.25) is 0 Å². The van der Waals surface area contributed by atoms with E-state index in [4.69, 9.17) is 34.8 Å². The molecule has 0 amide bonds. The van der Waals surface area contributed by atoms with Crippen LogP contribution in [0, 0.1) is 5.82 Å². The zero-order chi connectivity index (χ0) is 15.1. The van der Waals surface area contributed by atoms with Gasteiger partial charge in [-0.25, -0.2) is 4.39 Å². The highest BCUT2D eigenvalue weighted by Gasteiger charge is 2.34. The van der Waals surface area contributed by atoms with E-state index in [1.54, 1.807) is 0 Å². The van der Waals surface area contributed by atoms with Crippen LogP contribution in [0.25, 0.3) is 11.1 Å². The third-order valence-electron chi connectivity index (χ3n) is 2.58. The number of benzene rings is 2. The molecule has 20 heavy (non-hydrogen) atoms. The number of hydrogen-bond acceptors (Lipinski definition) is 0. The van der Waals surface area contributed by atoms with Crippen molar-refractivity contribution in [1.29, 1.82) is 0 Å². The fourth-order valence-corrected chi connectivity index (χ4v) is 2.39. The monoisotopic (exact) mass is 342 g/mol. The van der Waals surface area contributed by atoms with Gasteiger partial charge in [-0.2, -0.15) is 13.2 Å². The molecule has 0 heterocycles. The minimum absolute atomic E-state index is 0.0928. The van der Waals surface area contributed by atoms with Crippen LogP contribution in [-0.2, 0) is 6.18 Å². The molecule has 0 aliphatic heterocycles. The first kappa shape index (κ1) is 15.4. The Morgan fingerprint density at radius 3 is 2.10 bits per heavy atom. The first-order valence-corrected chi connectivity index (χ1v) is 6.35. The van der Waals surface area contributed by atoms with E-state index in [0.29, 0.717) is 6.07 Å². The van der Waals surface area contributed by atoms with Gasteiger partial charge in [0.1, 0.15) is 5.82 Å². The summed E-state index contributed by atoms with van der Waals surface area (Å²) in [4.78, 5) is 0. The van der Waals surface area contributed by atoms with E-state index >= 15 is 0 Å². The normalized spacial score (nSPS) is 11.8. The number of rotatable bonds is 1. The summed E-state index contributed by atoms with van der Waals surface area (Å²) in [7, 11) is 0. The highest BCUT2D eigenvalue weighted by atomic mass is 35.5. The summed E-state index contributed by atoms with van der Waals surface area (Å²) in [5, 5.41) is 0.472. The van der Waals surface area contributed by atoms with E-state index in [1.807, 2.05) is 0 Å². The Morgan fingerprint density at radius 2 is 1.55 bits per heavy atom.